The summed E-state index contributed by atoms with van der Waals surface area (Å²) in [6, 6.07) is 9.72. The van der Waals surface area contributed by atoms with Gasteiger partial charge in [0, 0.05) is 16.2 Å². The van der Waals surface area contributed by atoms with Gasteiger partial charge in [-0.15, -0.1) is 0 Å². The van der Waals surface area contributed by atoms with Crippen LogP contribution in [0.4, 0.5) is 5.82 Å². The summed E-state index contributed by atoms with van der Waals surface area (Å²) in [6.45, 7) is 2.04. The van der Waals surface area contributed by atoms with E-state index in [9.17, 15) is 0 Å². The molecular formula is C14H11BrClN3. The lowest BCUT2D eigenvalue weighted by Gasteiger charge is -2.03. The van der Waals surface area contributed by atoms with Gasteiger partial charge in [-0.1, -0.05) is 33.6 Å². The summed E-state index contributed by atoms with van der Waals surface area (Å²) in [5.41, 5.74) is 9.87. The molecule has 0 spiro atoms. The number of nitrogens with zero attached hydrogens (tertiary/aromatic N) is 2. The van der Waals surface area contributed by atoms with E-state index in [1.165, 1.54) is 0 Å². The smallest absolute Gasteiger partial charge is 0.139 e. The van der Waals surface area contributed by atoms with Gasteiger partial charge in [0.2, 0.25) is 0 Å². The van der Waals surface area contributed by atoms with Gasteiger partial charge in [-0.3, -0.25) is 4.40 Å². The second-order valence-corrected chi connectivity index (χ2v) is 5.68. The van der Waals surface area contributed by atoms with Crippen molar-refractivity contribution in [3.05, 3.63) is 51.6 Å². The lowest BCUT2D eigenvalue weighted by atomic mass is 10.1. The maximum atomic E-state index is 6.16. The minimum Gasteiger partial charge on any atom is -0.383 e. The molecular weight excluding hydrogens is 326 g/mol. The minimum atomic E-state index is 0.597. The van der Waals surface area contributed by atoms with Crippen molar-refractivity contribution in [3.63, 3.8) is 0 Å². The van der Waals surface area contributed by atoms with Gasteiger partial charge in [0.1, 0.15) is 17.2 Å². The van der Waals surface area contributed by atoms with Crippen molar-refractivity contribution in [2.75, 3.05) is 5.73 Å². The van der Waals surface area contributed by atoms with Gasteiger partial charge in [0.25, 0.3) is 0 Å². The molecule has 0 aliphatic heterocycles. The number of hydrogen-bond donors (Lipinski definition) is 1. The quantitative estimate of drug-likeness (QED) is 0.719. The lowest BCUT2D eigenvalue weighted by molar-refractivity contribution is 1.20. The Morgan fingerprint density at radius 3 is 2.79 bits per heavy atom. The number of aryl methyl sites for hydroxylation is 1. The van der Waals surface area contributed by atoms with Crippen LogP contribution >= 0.6 is 27.5 Å². The van der Waals surface area contributed by atoms with Crippen LogP contribution in [-0.4, -0.2) is 9.38 Å². The predicted octanol–water partition coefficient (Wildman–Crippen LogP) is 4.31. The van der Waals surface area contributed by atoms with E-state index in [4.69, 9.17) is 17.3 Å². The Kier molecular flexibility index (Phi) is 2.99. The second kappa shape index (κ2) is 4.54. The lowest BCUT2D eigenvalue weighted by Crippen LogP contribution is -1.94. The number of rotatable bonds is 1. The Morgan fingerprint density at radius 2 is 2.05 bits per heavy atom. The molecule has 3 nitrogen and oxygen atoms in total. The van der Waals surface area contributed by atoms with Crippen molar-refractivity contribution in [3.8, 4) is 11.3 Å². The zero-order valence-electron chi connectivity index (χ0n) is 10.2. The molecule has 0 unspecified atom stereocenters. The number of pyridine rings is 1. The highest BCUT2D eigenvalue weighted by molar-refractivity contribution is 9.10. The average Bonchev–Trinajstić information content (AvgIpc) is 2.70. The van der Waals surface area contributed by atoms with Crippen LogP contribution in [0.1, 0.15) is 5.56 Å². The van der Waals surface area contributed by atoms with Crippen LogP contribution in [0.3, 0.4) is 0 Å². The molecule has 5 heteroatoms. The van der Waals surface area contributed by atoms with Gasteiger partial charge in [0.15, 0.2) is 0 Å². The van der Waals surface area contributed by atoms with Crippen molar-refractivity contribution in [2.45, 2.75) is 6.92 Å². The largest absolute Gasteiger partial charge is 0.383 e. The zero-order chi connectivity index (χ0) is 13.6. The summed E-state index contributed by atoms with van der Waals surface area (Å²) >= 11 is 9.47. The molecule has 0 aliphatic rings. The molecule has 0 saturated carbocycles. The molecule has 0 aliphatic carbocycles. The predicted molar refractivity (Wildman–Crippen MR) is 82.5 cm³/mol. The van der Waals surface area contributed by atoms with Crippen LogP contribution in [0, 0.1) is 6.92 Å². The molecule has 3 aromatic rings. The Hall–Kier alpha value is -1.52. The number of imidazole rings is 1. The number of anilines is 1. The number of hydrogen-bond acceptors (Lipinski definition) is 2. The van der Waals surface area contributed by atoms with E-state index in [0.29, 0.717) is 10.8 Å². The summed E-state index contributed by atoms with van der Waals surface area (Å²) in [6.07, 6.45) is 1.77. The fraction of sp³-hybridized carbons (Fsp3) is 0.0714. The molecule has 0 bridgehead atoms. The summed E-state index contributed by atoms with van der Waals surface area (Å²) in [5, 5.41) is 0.634. The third-order valence-electron chi connectivity index (χ3n) is 3.05. The van der Waals surface area contributed by atoms with E-state index in [1.807, 2.05) is 25.1 Å². The number of nitrogen functional groups attached to an aromatic ring is 1. The van der Waals surface area contributed by atoms with Gasteiger partial charge in [-0.2, -0.15) is 0 Å². The molecule has 1 aromatic carbocycles. The summed E-state index contributed by atoms with van der Waals surface area (Å²) in [4.78, 5) is 4.56. The van der Waals surface area contributed by atoms with E-state index in [-0.39, 0.29) is 0 Å². The first-order valence-electron chi connectivity index (χ1n) is 5.76. The third-order valence-corrected chi connectivity index (χ3v) is 4.16. The molecule has 96 valence electrons. The zero-order valence-corrected chi connectivity index (χ0v) is 12.5. The van der Waals surface area contributed by atoms with Crippen LogP contribution in [0.15, 0.2) is 41.0 Å². The van der Waals surface area contributed by atoms with Gasteiger partial charge in [-0.25, -0.2) is 4.98 Å². The Bertz CT molecular complexity index is 780. The molecule has 0 atom stereocenters. The van der Waals surface area contributed by atoms with Crippen molar-refractivity contribution in [2.24, 2.45) is 0 Å². The van der Waals surface area contributed by atoms with Gasteiger partial charge in [0.05, 0.1) is 5.02 Å². The van der Waals surface area contributed by atoms with Crippen molar-refractivity contribution in [1.29, 1.82) is 0 Å². The first-order chi connectivity index (χ1) is 9.06. The van der Waals surface area contributed by atoms with Crippen LogP contribution in [0.5, 0.6) is 0 Å². The van der Waals surface area contributed by atoms with Crippen LogP contribution in [0.2, 0.25) is 5.02 Å². The highest BCUT2D eigenvalue weighted by Gasteiger charge is 2.12. The standard InChI is InChI=1S/C14H11BrClN3/c1-8-6-9(2-4-11(8)15)13-14(17)19-7-10(16)3-5-12(19)18-13/h2-7H,17H2,1H3. The molecule has 0 fully saturated rings. The van der Waals surface area contributed by atoms with Crippen LogP contribution in [0.25, 0.3) is 16.9 Å². The van der Waals surface area contributed by atoms with Crippen molar-refractivity contribution < 1.29 is 0 Å². The number of fused-ring (bicyclic) bond motifs is 1. The van der Waals surface area contributed by atoms with E-state index in [2.05, 4.69) is 27.0 Å². The van der Waals surface area contributed by atoms with Gasteiger partial charge >= 0.3 is 0 Å². The van der Waals surface area contributed by atoms with E-state index < -0.39 is 0 Å². The molecule has 0 amide bonds. The molecule has 3 rings (SSSR count). The molecule has 0 saturated heterocycles. The van der Waals surface area contributed by atoms with Gasteiger partial charge in [-0.05, 0) is 36.8 Å². The molecule has 0 radical (unpaired) electrons. The second-order valence-electron chi connectivity index (χ2n) is 4.39. The summed E-state index contributed by atoms with van der Waals surface area (Å²) < 4.78 is 2.87. The molecule has 2 N–H and O–H groups in total. The highest BCUT2D eigenvalue weighted by Crippen LogP contribution is 2.30. The Balaban J connectivity index is 2.24. The van der Waals surface area contributed by atoms with E-state index >= 15 is 0 Å². The average molecular weight is 337 g/mol. The Labute approximate surface area is 124 Å². The monoisotopic (exact) mass is 335 g/mol. The van der Waals surface area contributed by atoms with Crippen molar-refractivity contribution >= 4 is 39.0 Å². The van der Waals surface area contributed by atoms with Gasteiger partial charge < -0.3 is 5.73 Å². The van der Waals surface area contributed by atoms with E-state index in [1.54, 1.807) is 16.7 Å². The maximum Gasteiger partial charge on any atom is 0.139 e. The van der Waals surface area contributed by atoms with E-state index in [0.717, 1.165) is 26.9 Å². The summed E-state index contributed by atoms with van der Waals surface area (Å²) in [7, 11) is 0. The number of benzene rings is 1. The minimum absolute atomic E-state index is 0.597. The maximum absolute atomic E-state index is 6.16. The molecule has 19 heavy (non-hydrogen) atoms. The first-order valence-corrected chi connectivity index (χ1v) is 6.93. The Morgan fingerprint density at radius 1 is 1.26 bits per heavy atom. The fourth-order valence-corrected chi connectivity index (χ4v) is 2.45. The summed E-state index contributed by atoms with van der Waals surface area (Å²) in [5.74, 6) is 0.597. The van der Waals surface area contributed by atoms with Crippen LogP contribution in [-0.2, 0) is 0 Å². The highest BCUT2D eigenvalue weighted by atomic mass is 79.9. The molecule has 2 heterocycles. The van der Waals surface area contributed by atoms with Crippen LogP contribution < -0.4 is 5.73 Å². The molecule has 2 aromatic heterocycles. The fourth-order valence-electron chi connectivity index (χ4n) is 2.04. The SMILES string of the molecule is Cc1cc(-c2nc3ccc(Cl)cn3c2N)ccc1Br. The number of nitrogens with two attached hydrogens (primary N) is 1. The number of aromatic nitrogens is 2. The number of halogens is 2. The first kappa shape index (κ1) is 12.5. The topological polar surface area (TPSA) is 43.3 Å². The van der Waals surface area contributed by atoms with Crippen molar-refractivity contribution in [1.82, 2.24) is 9.38 Å². The third kappa shape index (κ3) is 2.11. The normalized spacial score (nSPS) is 11.1.